The smallest absolute Gasteiger partial charge is 0.113 e. The fourth-order valence-electron chi connectivity index (χ4n) is 1.08. The van der Waals surface area contributed by atoms with Crippen LogP contribution in [0, 0.1) is 0 Å². The summed E-state index contributed by atoms with van der Waals surface area (Å²) in [5.41, 5.74) is 2.85. The number of methoxy groups -OCH3 is 1. The van der Waals surface area contributed by atoms with Gasteiger partial charge in [0, 0.05) is 7.11 Å². The van der Waals surface area contributed by atoms with Gasteiger partial charge in [0.15, 0.2) is 0 Å². The molecule has 1 heterocycles. The molecule has 1 N–H and O–H groups in total. The van der Waals surface area contributed by atoms with E-state index in [1.165, 1.54) is 0 Å². The van der Waals surface area contributed by atoms with Crippen LogP contribution in [0.2, 0.25) is 0 Å². The minimum atomic E-state index is 0.243. The van der Waals surface area contributed by atoms with Gasteiger partial charge in [0.05, 0.1) is 26.0 Å². The summed E-state index contributed by atoms with van der Waals surface area (Å²) in [7, 11) is 1.65. The fourth-order valence-corrected chi connectivity index (χ4v) is 1.08. The van der Waals surface area contributed by atoms with Crippen molar-refractivity contribution in [3.05, 3.63) is 12.3 Å². The van der Waals surface area contributed by atoms with Gasteiger partial charge >= 0.3 is 0 Å². The highest BCUT2D eigenvalue weighted by molar-refractivity contribution is 4.82. The Morgan fingerprint density at radius 1 is 1.54 bits per heavy atom. The Balaban J connectivity index is 1.90. The Bertz CT molecular complexity index is 150. The lowest BCUT2D eigenvalue weighted by molar-refractivity contribution is -0.0156. The molecule has 4 nitrogen and oxygen atoms in total. The molecule has 1 aliphatic heterocycles. The van der Waals surface area contributed by atoms with Crippen LogP contribution in [-0.2, 0) is 14.3 Å². The second-order valence-corrected chi connectivity index (χ2v) is 2.90. The van der Waals surface area contributed by atoms with Crippen LogP contribution in [0.15, 0.2) is 12.3 Å². The van der Waals surface area contributed by atoms with E-state index in [-0.39, 0.29) is 6.10 Å². The largest absolute Gasteiger partial charge is 0.497 e. The second-order valence-electron chi connectivity index (χ2n) is 2.90. The maximum absolute atomic E-state index is 5.33. The molecule has 0 amide bonds. The Kier molecular flexibility index (Phi) is 5.56. The molecule has 4 heteroatoms. The number of hydrogen-bond donors (Lipinski definition) is 1. The van der Waals surface area contributed by atoms with Gasteiger partial charge in [-0.1, -0.05) is 0 Å². The highest BCUT2D eigenvalue weighted by Gasteiger charge is 2.09. The van der Waals surface area contributed by atoms with E-state index in [2.05, 4.69) is 5.48 Å². The van der Waals surface area contributed by atoms with Crippen LogP contribution >= 0.6 is 0 Å². The van der Waals surface area contributed by atoms with Crippen LogP contribution < -0.4 is 5.48 Å². The molecule has 13 heavy (non-hydrogen) atoms. The highest BCUT2D eigenvalue weighted by Crippen LogP contribution is 2.08. The lowest BCUT2D eigenvalue weighted by Crippen LogP contribution is -2.30. The molecule has 76 valence electrons. The van der Waals surface area contributed by atoms with Gasteiger partial charge in [-0.2, -0.15) is 5.48 Å². The van der Waals surface area contributed by atoms with E-state index in [9.17, 15) is 0 Å². The maximum atomic E-state index is 5.33. The summed E-state index contributed by atoms with van der Waals surface area (Å²) in [6.45, 7) is 1.91. The zero-order valence-corrected chi connectivity index (χ0v) is 7.99. The average Bonchev–Trinajstić information content (AvgIpc) is 2.19. The first kappa shape index (κ1) is 10.5. The van der Waals surface area contributed by atoms with Gasteiger partial charge in [-0.15, -0.1) is 0 Å². The minimum absolute atomic E-state index is 0.243. The van der Waals surface area contributed by atoms with Crippen molar-refractivity contribution in [1.29, 1.82) is 0 Å². The van der Waals surface area contributed by atoms with Gasteiger partial charge in [0.1, 0.15) is 6.10 Å². The van der Waals surface area contributed by atoms with Crippen LogP contribution in [0.5, 0.6) is 0 Å². The van der Waals surface area contributed by atoms with Gasteiger partial charge in [0.25, 0.3) is 0 Å². The van der Waals surface area contributed by atoms with Crippen molar-refractivity contribution in [3.8, 4) is 0 Å². The molecule has 0 saturated carbocycles. The Hall–Kier alpha value is -0.580. The zero-order chi connectivity index (χ0) is 9.36. The normalized spacial score (nSPS) is 21.5. The summed E-state index contributed by atoms with van der Waals surface area (Å²) in [5.74, 6) is 0. The monoisotopic (exact) mass is 187 g/mol. The number of allylic oxidation sites excluding steroid dienone is 1. The standard InChI is InChI=1S/C9H17NO3/c1-11-6-7-13-10-8-9-4-2-3-5-12-9/h3,5,9-10H,2,4,6-8H2,1H3. The van der Waals surface area contributed by atoms with E-state index in [0.717, 1.165) is 19.4 Å². The van der Waals surface area contributed by atoms with Crippen LogP contribution in [0.4, 0.5) is 0 Å². The molecule has 0 fully saturated rings. The van der Waals surface area contributed by atoms with Crippen molar-refractivity contribution in [2.75, 3.05) is 26.9 Å². The van der Waals surface area contributed by atoms with Crippen molar-refractivity contribution in [2.24, 2.45) is 0 Å². The quantitative estimate of drug-likeness (QED) is 0.494. The molecule has 1 unspecified atom stereocenters. The third kappa shape index (κ3) is 4.87. The Labute approximate surface area is 78.8 Å². The van der Waals surface area contributed by atoms with E-state index in [1.54, 1.807) is 13.4 Å². The van der Waals surface area contributed by atoms with E-state index in [0.29, 0.717) is 13.2 Å². The van der Waals surface area contributed by atoms with Crippen molar-refractivity contribution in [1.82, 2.24) is 5.48 Å². The second kappa shape index (κ2) is 6.88. The van der Waals surface area contributed by atoms with Crippen LogP contribution in [0.1, 0.15) is 12.8 Å². The van der Waals surface area contributed by atoms with E-state index in [1.807, 2.05) is 6.08 Å². The van der Waals surface area contributed by atoms with E-state index >= 15 is 0 Å². The third-order valence-corrected chi connectivity index (χ3v) is 1.83. The molecule has 1 rings (SSSR count). The summed E-state index contributed by atoms with van der Waals surface area (Å²) in [4.78, 5) is 5.10. The predicted molar refractivity (Wildman–Crippen MR) is 49.1 cm³/mol. The summed E-state index contributed by atoms with van der Waals surface area (Å²) >= 11 is 0. The predicted octanol–water partition coefficient (Wildman–Crippen LogP) is 0.847. The van der Waals surface area contributed by atoms with E-state index < -0.39 is 0 Å². The molecule has 0 aromatic heterocycles. The van der Waals surface area contributed by atoms with Crippen LogP contribution in [0.3, 0.4) is 0 Å². The van der Waals surface area contributed by atoms with Crippen LogP contribution in [-0.4, -0.2) is 33.0 Å². The molecule has 1 atom stereocenters. The van der Waals surface area contributed by atoms with Gasteiger partial charge in [-0.3, -0.25) is 4.84 Å². The Morgan fingerprint density at radius 2 is 2.46 bits per heavy atom. The van der Waals surface area contributed by atoms with Gasteiger partial charge in [-0.25, -0.2) is 0 Å². The average molecular weight is 187 g/mol. The number of nitrogens with one attached hydrogen (secondary N) is 1. The van der Waals surface area contributed by atoms with Crippen molar-refractivity contribution in [3.63, 3.8) is 0 Å². The van der Waals surface area contributed by atoms with Crippen LogP contribution in [0.25, 0.3) is 0 Å². The van der Waals surface area contributed by atoms with Crippen molar-refractivity contribution in [2.45, 2.75) is 18.9 Å². The summed E-state index contributed by atoms with van der Waals surface area (Å²) in [6.07, 6.45) is 6.17. The first-order chi connectivity index (χ1) is 6.43. The number of ether oxygens (including phenoxy) is 2. The molecule has 1 aliphatic rings. The van der Waals surface area contributed by atoms with Gasteiger partial charge in [-0.05, 0) is 18.9 Å². The molecule has 0 aromatic carbocycles. The van der Waals surface area contributed by atoms with Crippen molar-refractivity contribution >= 4 is 0 Å². The first-order valence-corrected chi connectivity index (χ1v) is 4.57. The fraction of sp³-hybridized carbons (Fsp3) is 0.778. The molecular weight excluding hydrogens is 170 g/mol. The molecule has 0 spiro atoms. The van der Waals surface area contributed by atoms with E-state index in [4.69, 9.17) is 14.3 Å². The number of rotatable bonds is 6. The summed E-state index contributed by atoms with van der Waals surface area (Å²) in [6, 6.07) is 0. The highest BCUT2D eigenvalue weighted by atomic mass is 16.7. The molecular formula is C9H17NO3. The molecule has 0 aromatic rings. The van der Waals surface area contributed by atoms with Gasteiger partial charge in [0.2, 0.25) is 0 Å². The molecule has 0 saturated heterocycles. The lowest BCUT2D eigenvalue weighted by Gasteiger charge is -2.19. The topological polar surface area (TPSA) is 39.7 Å². The molecule has 0 radical (unpaired) electrons. The summed E-state index contributed by atoms with van der Waals surface area (Å²) in [5, 5.41) is 0. The maximum Gasteiger partial charge on any atom is 0.113 e. The Morgan fingerprint density at radius 3 is 3.15 bits per heavy atom. The molecule has 0 bridgehead atoms. The van der Waals surface area contributed by atoms with Gasteiger partial charge < -0.3 is 9.47 Å². The first-order valence-electron chi connectivity index (χ1n) is 4.57. The number of hydrogen-bond acceptors (Lipinski definition) is 4. The summed E-state index contributed by atoms with van der Waals surface area (Å²) < 4.78 is 10.2. The molecule has 0 aliphatic carbocycles. The third-order valence-electron chi connectivity index (χ3n) is 1.83. The lowest BCUT2D eigenvalue weighted by atomic mass is 10.2. The zero-order valence-electron chi connectivity index (χ0n) is 7.99. The minimum Gasteiger partial charge on any atom is -0.497 e. The SMILES string of the molecule is COCCONCC1CCC=CO1. The number of hydroxylamine groups is 1. The van der Waals surface area contributed by atoms with Crippen molar-refractivity contribution < 1.29 is 14.3 Å².